The summed E-state index contributed by atoms with van der Waals surface area (Å²) >= 11 is 0. The van der Waals surface area contributed by atoms with Crippen LogP contribution in [0.25, 0.3) is 0 Å². The third-order valence-corrected chi connectivity index (χ3v) is 7.09. The molecule has 0 aromatic carbocycles. The molecule has 0 radical (unpaired) electrons. The molecular formula is C20H26O4. The average Bonchev–Trinajstić information content (AvgIpc) is 2.96. The second kappa shape index (κ2) is 5.47. The Morgan fingerprint density at radius 2 is 2.12 bits per heavy atom. The molecule has 0 aromatic rings. The van der Waals surface area contributed by atoms with Crippen LogP contribution >= 0.6 is 0 Å². The van der Waals surface area contributed by atoms with Gasteiger partial charge in [-0.1, -0.05) is 25.5 Å². The standard InChI is InChI=1S/C20H26O4/c1-13-4-7-16-19(2)9-3-10-20(16,18(22)24-12-19)15(13)6-5-14-8-11-23-17(14)21/h8,15-16H,1,3-7,9-12H2,2H3. The summed E-state index contributed by atoms with van der Waals surface area (Å²) in [6.45, 7) is 7.55. The highest BCUT2D eigenvalue weighted by Gasteiger charge is 2.64. The number of allylic oxidation sites excluding steroid dienone is 1. The molecule has 3 fully saturated rings. The van der Waals surface area contributed by atoms with Gasteiger partial charge in [-0.15, -0.1) is 0 Å². The summed E-state index contributed by atoms with van der Waals surface area (Å²) in [7, 11) is 0. The van der Waals surface area contributed by atoms with Crippen LogP contribution in [0.1, 0.15) is 51.9 Å². The van der Waals surface area contributed by atoms with Crippen LogP contribution in [0.4, 0.5) is 0 Å². The zero-order valence-corrected chi connectivity index (χ0v) is 14.4. The van der Waals surface area contributed by atoms with E-state index in [-0.39, 0.29) is 23.3 Å². The first-order valence-electron chi connectivity index (χ1n) is 9.18. The van der Waals surface area contributed by atoms with Crippen LogP contribution in [0.15, 0.2) is 23.8 Å². The normalized spacial score (nSPS) is 41.4. The number of esters is 2. The van der Waals surface area contributed by atoms with Crippen molar-refractivity contribution in [3.05, 3.63) is 23.8 Å². The molecule has 4 unspecified atom stereocenters. The Balaban J connectivity index is 1.65. The van der Waals surface area contributed by atoms with Gasteiger partial charge in [0.25, 0.3) is 0 Å². The molecule has 4 atom stereocenters. The Morgan fingerprint density at radius 1 is 1.29 bits per heavy atom. The van der Waals surface area contributed by atoms with E-state index in [9.17, 15) is 9.59 Å². The smallest absolute Gasteiger partial charge is 0.334 e. The van der Waals surface area contributed by atoms with Crippen LogP contribution < -0.4 is 0 Å². The molecule has 2 aliphatic carbocycles. The maximum atomic E-state index is 13.0. The molecule has 2 heterocycles. The minimum absolute atomic E-state index is 0.0153. The van der Waals surface area contributed by atoms with Gasteiger partial charge < -0.3 is 9.47 Å². The Labute approximate surface area is 143 Å². The molecule has 0 N–H and O–H groups in total. The quantitative estimate of drug-likeness (QED) is 0.586. The van der Waals surface area contributed by atoms with E-state index in [2.05, 4.69) is 13.5 Å². The van der Waals surface area contributed by atoms with Crippen molar-refractivity contribution >= 4 is 11.9 Å². The maximum Gasteiger partial charge on any atom is 0.334 e. The van der Waals surface area contributed by atoms with Crippen LogP contribution in [0, 0.1) is 22.7 Å². The van der Waals surface area contributed by atoms with Crippen LogP contribution in [-0.4, -0.2) is 25.2 Å². The minimum atomic E-state index is -0.413. The molecule has 0 amide bonds. The minimum Gasteiger partial charge on any atom is -0.465 e. The summed E-state index contributed by atoms with van der Waals surface area (Å²) in [4.78, 5) is 24.7. The van der Waals surface area contributed by atoms with Crippen molar-refractivity contribution in [3.63, 3.8) is 0 Å². The molecular weight excluding hydrogens is 304 g/mol. The van der Waals surface area contributed by atoms with Gasteiger partial charge in [0, 0.05) is 11.0 Å². The molecule has 2 saturated carbocycles. The maximum absolute atomic E-state index is 13.0. The summed E-state index contributed by atoms with van der Waals surface area (Å²) in [5.74, 6) is 0.293. The molecule has 0 spiro atoms. The Bertz CT molecular complexity index is 634. The fraction of sp³-hybridized carbons (Fsp3) is 0.700. The van der Waals surface area contributed by atoms with E-state index in [1.54, 1.807) is 0 Å². The zero-order chi connectivity index (χ0) is 16.9. The van der Waals surface area contributed by atoms with E-state index < -0.39 is 5.41 Å². The number of hydrogen-bond acceptors (Lipinski definition) is 4. The van der Waals surface area contributed by atoms with Gasteiger partial charge in [-0.3, -0.25) is 4.79 Å². The first-order valence-corrected chi connectivity index (χ1v) is 9.18. The molecule has 2 bridgehead atoms. The largest absolute Gasteiger partial charge is 0.465 e. The van der Waals surface area contributed by atoms with Crippen LogP contribution in [0.2, 0.25) is 0 Å². The Hall–Kier alpha value is -1.58. The van der Waals surface area contributed by atoms with E-state index in [4.69, 9.17) is 9.47 Å². The average molecular weight is 330 g/mol. The topological polar surface area (TPSA) is 52.6 Å². The van der Waals surface area contributed by atoms with E-state index >= 15 is 0 Å². The van der Waals surface area contributed by atoms with Crippen molar-refractivity contribution in [2.75, 3.05) is 13.2 Å². The molecule has 1 saturated heterocycles. The highest BCUT2D eigenvalue weighted by atomic mass is 16.5. The predicted octanol–water partition coefficient (Wildman–Crippen LogP) is 3.57. The molecule has 24 heavy (non-hydrogen) atoms. The van der Waals surface area contributed by atoms with Crippen LogP contribution in [0.3, 0.4) is 0 Å². The van der Waals surface area contributed by atoms with Gasteiger partial charge in [0.15, 0.2) is 0 Å². The van der Waals surface area contributed by atoms with Gasteiger partial charge in [0.05, 0.1) is 12.0 Å². The van der Waals surface area contributed by atoms with Crippen molar-refractivity contribution in [3.8, 4) is 0 Å². The van der Waals surface area contributed by atoms with Gasteiger partial charge >= 0.3 is 11.9 Å². The molecule has 4 rings (SSSR count). The van der Waals surface area contributed by atoms with E-state index in [1.165, 1.54) is 5.57 Å². The third kappa shape index (κ3) is 2.11. The summed E-state index contributed by atoms with van der Waals surface area (Å²) in [5, 5.41) is 0. The van der Waals surface area contributed by atoms with E-state index in [0.29, 0.717) is 25.6 Å². The molecule has 4 aliphatic rings. The molecule has 0 aromatic heterocycles. The lowest BCUT2D eigenvalue weighted by molar-refractivity contribution is -0.207. The lowest BCUT2D eigenvalue weighted by Crippen LogP contribution is -2.61. The number of ether oxygens (including phenoxy) is 2. The summed E-state index contributed by atoms with van der Waals surface area (Å²) in [6.07, 6.45) is 8.49. The lowest BCUT2D eigenvalue weighted by Gasteiger charge is -2.61. The van der Waals surface area contributed by atoms with Crippen molar-refractivity contribution in [2.24, 2.45) is 22.7 Å². The third-order valence-electron chi connectivity index (χ3n) is 7.09. The lowest BCUT2D eigenvalue weighted by atomic mass is 9.45. The first kappa shape index (κ1) is 15.9. The predicted molar refractivity (Wildman–Crippen MR) is 89.0 cm³/mol. The Kier molecular flexibility index (Phi) is 3.63. The number of carbonyl (C=O) groups is 2. The van der Waals surface area contributed by atoms with Gasteiger partial charge in [-0.25, -0.2) is 4.79 Å². The van der Waals surface area contributed by atoms with Gasteiger partial charge in [0.1, 0.15) is 6.61 Å². The summed E-state index contributed by atoms with van der Waals surface area (Å²) in [6, 6.07) is 0. The Morgan fingerprint density at radius 3 is 2.88 bits per heavy atom. The van der Waals surface area contributed by atoms with E-state index in [0.717, 1.165) is 44.1 Å². The monoisotopic (exact) mass is 330 g/mol. The van der Waals surface area contributed by atoms with Gasteiger partial charge in [0.2, 0.25) is 0 Å². The fourth-order valence-electron chi connectivity index (χ4n) is 5.93. The first-order chi connectivity index (χ1) is 11.5. The van der Waals surface area contributed by atoms with Crippen molar-refractivity contribution in [1.29, 1.82) is 0 Å². The fourth-order valence-corrected chi connectivity index (χ4v) is 5.93. The molecule has 130 valence electrons. The highest BCUT2D eigenvalue weighted by Crippen LogP contribution is 2.64. The SMILES string of the molecule is C=C1CCC2C3(C)CCCC2(C(=O)OC3)C1CCC1=CCOC1=O. The number of cyclic esters (lactones) is 2. The van der Waals surface area contributed by atoms with Crippen molar-refractivity contribution in [2.45, 2.75) is 51.9 Å². The molecule has 2 aliphatic heterocycles. The highest BCUT2D eigenvalue weighted by molar-refractivity contribution is 5.90. The van der Waals surface area contributed by atoms with Gasteiger partial charge in [-0.2, -0.15) is 0 Å². The second-order valence-corrected chi connectivity index (χ2v) is 8.29. The summed E-state index contributed by atoms with van der Waals surface area (Å²) < 4.78 is 10.7. The zero-order valence-electron chi connectivity index (χ0n) is 14.4. The number of hydrogen-bond donors (Lipinski definition) is 0. The number of rotatable bonds is 3. The molecule has 4 nitrogen and oxygen atoms in total. The van der Waals surface area contributed by atoms with E-state index in [1.807, 2.05) is 6.08 Å². The van der Waals surface area contributed by atoms with Crippen LogP contribution in [0.5, 0.6) is 0 Å². The van der Waals surface area contributed by atoms with Crippen molar-refractivity contribution < 1.29 is 19.1 Å². The second-order valence-electron chi connectivity index (χ2n) is 8.29. The summed E-state index contributed by atoms with van der Waals surface area (Å²) in [5.41, 5.74) is 1.62. The molecule has 4 heteroatoms. The number of carbonyl (C=O) groups excluding carboxylic acids is 2. The van der Waals surface area contributed by atoms with Crippen LogP contribution in [-0.2, 0) is 19.1 Å². The van der Waals surface area contributed by atoms with Gasteiger partial charge in [-0.05, 0) is 56.4 Å². The van der Waals surface area contributed by atoms with Crippen molar-refractivity contribution in [1.82, 2.24) is 0 Å².